The van der Waals surface area contributed by atoms with Gasteiger partial charge in [0.25, 0.3) is 5.24 Å². The number of benzene rings is 1. The lowest BCUT2D eigenvalue weighted by Gasteiger charge is -2.35. The predicted octanol–water partition coefficient (Wildman–Crippen LogP) is 1.49. The van der Waals surface area contributed by atoms with Crippen LogP contribution in [-0.2, 0) is 8.87 Å². The largest absolute Gasteiger partial charge is 0.494 e. The molecule has 1 amide bonds. The maximum Gasteiger partial charge on any atom is 0.297 e. The number of ether oxygens (including phenoxy) is 1. The first-order valence-electron chi connectivity index (χ1n) is 8.36. The molecule has 2 heterocycles. The van der Waals surface area contributed by atoms with Crippen molar-refractivity contribution in [3.05, 3.63) is 24.3 Å². The summed E-state index contributed by atoms with van der Waals surface area (Å²) in [6.07, 6.45) is 0.871. The molecule has 138 valence electrons. The molecule has 0 radical (unpaired) electrons. The summed E-state index contributed by atoms with van der Waals surface area (Å²) < 4.78 is 29.0. The third-order valence-corrected chi connectivity index (χ3v) is 7.58. The van der Waals surface area contributed by atoms with Crippen molar-refractivity contribution < 1.29 is 17.9 Å². The molecule has 9 heteroatoms. The van der Waals surface area contributed by atoms with Crippen LogP contribution < -0.4 is 15.4 Å². The molecule has 0 aromatic heterocycles. The summed E-state index contributed by atoms with van der Waals surface area (Å²) >= 11 is 0. The Bertz CT molecular complexity index is 723. The minimum atomic E-state index is -3.49. The molecule has 2 saturated heterocycles. The number of rotatable bonds is 6. The highest BCUT2D eigenvalue weighted by atomic mass is 33.1. The maximum atomic E-state index is 12.3. The number of amides is 1. The van der Waals surface area contributed by atoms with Crippen molar-refractivity contribution >= 4 is 30.6 Å². The van der Waals surface area contributed by atoms with Gasteiger partial charge in [-0.2, -0.15) is 0 Å². The fourth-order valence-corrected chi connectivity index (χ4v) is 5.84. The molecule has 0 spiro atoms. The second-order valence-electron chi connectivity index (χ2n) is 6.17. The van der Waals surface area contributed by atoms with E-state index in [4.69, 9.17) is 10.5 Å². The van der Waals surface area contributed by atoms with Gasteiger partial charge in [-0.25, -0.2) is 8.42 Å². The summed E-state index contributed by atoms with van der Waals surface area (Å²) in [5.41, 5.74) is 6.39. The minimum absolute atomic E-state index is 0.0280. The first kappa shape index (κ1) is 18.3. The number of anilines is 1. The van der Waals surface area contributed by atoms with E-state index < -0.39 is 8.87 Å². The standard InChI is InChI=1S/C16H23N3O4S2/c1-2-23-15-5-3-12(4-6-15)18-10-14-9-13(18)11-19(14)16(20)24-25(21,22)8-7-17/h3-6,13-14H,2,7-11,17H2,1H3/t13-,14-/m0/s1. The molecule has 3 rings (SSSR count). The van der Waals surface area contributed by atoms with Crippen LogP contribution in [0.15, 0.2) is 24.3 Å². The van der Waals surface area contributed by atoms with Crippen LogP contribution in [0, 0.1) is 0 Å². The van der Waals surface area contributed by atoms with Gasteiger partial charge in [-0.3, -0.25) is 4.79 Å². The Hall–Kier alpha value is -1.45. The van der Waals surface area contributed by atoms with E-state index in [9.17, 15) is 13.2 Å². The van der Waals surface area contributed by atoms with Crippen LogP contribution in [0.2, 0.25) is 0 Å². The van der Waals surface area contributed by atoms with Crippen LogP contribution in [0.25, 0.3) is 0 Å². The molecule has 25 heavy (non-hydrogen) atoms. The fraction of sp³-hybridized carbons (Fsp3) is 0.562. The first-order valence-corrected chi connectivity index (χ1v) is 11.3. The van der Waals surface area contributed by atoms with Gasteiger partial charge in [-0.15, -0.1) is 0 Å². The third-order valence-electron chi connectivity index (χ3n) is 4.52. The average Bonchev–Trinajstić information content (AvgIpc) is 3.16. The summed E-state index contributed by atoms with van der Waals surface area (Å²) in [6.45, 7) is 3.89. The lowest BCUT2D eigenvalue weighted by Crippen LogP contribution is -2.48. The molecule has 2 atom stereocenters. The van der Waals surface area contributed by atoms with Gasteiger partial charge in [-0.1, -0.05) is 0 Å². The lowest BCUT2D eigenvalue weighted by molar-refractivity contribution is 0.214. The quantitative estimate of drug-likeness (QED) is 0.742. The van der Waals surface area contributed by atoms with E-state index in [1.165, 1.54) is 0 Å². The van der Waals surface area contributed by atoms with Gasteiger partial charge in [0, 0.05) is 31.4 Å². The third kappa shape index (κ3) is 4.04. The summed E-state index contributed by atoms with van der Waals surface area (Å²) in [5, 5.41) is -0.382. The Kier molecular flexibility index (Phi) is 5.45. The van der Waals surface area contributed by atoms with Gasteiger partial charge in [0.05, 0.1) is 29.2 Å². The smallest absolute Gasteiger partial charge is 0.297 e. The van der Waals surface area contributed by atoms with Crippen molar-refractivity contribution in [3.8, 4) is 5.75 Å². The van der Waals surface area contributed by atoms with Crippen LogP contribution in [-0.4, -0.2) is 62.6 Å². The second-order valence-corrected chi connectivity index (χ2v) is 10.2. The second kappa shape index (κ2) is 7.43. The molecule has 0 unspecified atom stereocenters. The van der Waals surface area contributed by atoms with Crippen LogP contribution >= 0.6 is 10.8 Å². The highest BCUT2D eigenvalue weighted by Crippen LogP contribution is 2.37. The number of nitrogens with two attached hydrogens (primary N) is 1. The Morgan fingerprint density at radius 3 is 2.56 bits per heavy atom. The molecule has 0 aliphatic carbocycles. The fourth-order valence-electron chi connectivity index (χ4n) is 3.45. The molecule has 2 aliphatic rings. The minimum Gasteiger partial charge on any atom is -0.494 e. The zero-order chi connectivity index (χ0) is 18.0. The average molecular weight is 386 g/mol. The Morgan fingerprint density at radius 1 is 1.28 bits per heavy atom. The van der Waals surface area contributed by atoms with E-state index in [-0.39, 0.29) is 29.6 Å². The molecular formula is C16H23N3O4S2. The highest BCUT2D eigenvalue weighted by Gasteiger charge is 2.46. The Balaban J connectivity index is 1.61. The molecular weight excluding hydrogens is 362 g/mol. The number of likely N-dealkylation sites (tertiary alicyclic amines) is 1. The Morgan fingerprint density at radius 2 is 2.00 bits per heavy atom. The van der Waals surface area contributed by atoms with Crippen molar-refractivity contribution in [2.45, 2.75) is 25.4 Å². The van der Waals surface area contributed by atoms with Crippen molar-refractivity contribution in [3.63, 3.8) is 0 Å². The van der Waals surface area contributed by atoms with Gasteiger partial charge in [-0.05, 0) is 37.6 Å². The summed E-state index contributed by atoms with van der Waals surface area (Å²) in [6, 6.07) is 8.23. The topological polar surface area (TPSA) is 92.9 Å². The normalized spacial score (nSPS) is 22.5. The molecule has 2 bridgehead atoms. The first-order chi connectivity index (χ1) is 11.9. The zero-order valence-corrected chi connectivity index (χ0v) is 15.8. The summed E-state index contributed by atoms with van der Waals surface area (Å²) in [4.78, 5) is 16.3. The number of hydrogen-bond donors (Lipinski definition) is 1. The van der Waals surface area contributed by atoms with Gasteiger partial charge in [0.2, 0.25) is 8.87 Å². The van der Waals surface area contributed by atoms with Gasteiger partial charge < -0.3 is 20.3 Å². The van der Waals surface area contributed by atoms with Gasteiger partial charge in [0.1, 0.15) is 5.75 Å². The molecule has 2 aliphatic heterocycles. The van der Waals surface area contributed by atoms with E-state index in [2.05, 4.69) is 4.90 Å². The van der Waals surface area contributed by atoms with Crippen molar-refractivity contribution in [2.24, 2.45) is 5.73 Å². The number of fused-ring (bicyclic) bond motifs is 2. The maximum absolute atomic E-state index is 12.3. The molecule has 0 saturated carbocycles. The van der Waals surface area contributed by atoms with E-state index in [0.29, 0.717) is 23.9 Å². The van der Waals surface area contributed by atoms with E-state index >= 15 is 0 Å². The Labute approximate surface area is 151 Å². The number of carbonyl (C=O) groups is 1. The van der Waals surface area contributed by atoms with Gasteiger partial charge in [0.15, 0.2) is 0 Å². The van der Waals surface area contributed by atoms with E-state index in [1.807, 2.05) is 31.2 Å². The monoisotopic (exact) mass is 385 g/mol. The van der Waals surface area contributed by atoms with Crippen LogP contribution in [0.3, 0.4) is 0 Å². The zero-order valence-electron chi connectivity index (χ0n) is 14.1. The molecule has 1 aromatic rings. The van der Waals surface area contributed by atoms with E-state index in [1.54, 1.807) is 4.90 Å². The van der Waals surface area contributed by atoms with Crippen molar-refractivity contribution in [1.82, 2.24) is 4.90 Å². The number of carbonyl (C=O) groups excluding carboxylic acids is 1. The molecule has 2 N–H and O–H groups in total. The predicted molar refractivity (Wildman–Crippen MR) is 99.7 cm³/mol. The number of piperazine rings is 1. The highest BCUT2D eigenvalue weighted by molar-refractivity contribution is 8.77. The SMILES string of the molecule is CCOc1ccc(N2C[C@@H]3C[C@H]2CN3C(=O)SS(=O)(=O)CCN)cc1. The molecule has 1 aromatic carbocycles. The summed E-state index contributed by atoms with van der Waals surface area (Å²) in [7, 11) is -3.08. The van der Waals surface area contributed by atoms with Gasteiger partial charge >= 0.3 is 0 Å². The van der Waals surface area contributed by atoms with Crippen LogP contribution in [0.1, 0.15) is 13.3 Å². The lowest BCUT2D eigenvalue weighted by atomic mass is 10.2. The molecule has 7 nitrogen and oxygen atoms in total. The van der Waals surface area contributed by atoms with Crippen molar-refractivity contribution in [1.29, 1.82) is 0 Å². The van der Waals surface area contributed by atoms with Crippen LogP contribution in [0.4, 0.5) is 10.5 Å². The number of nitrogens with zero attached hydrogens (tertiary/aromatic N) is 2. The van der Waals surface area contributed by atoms with Crippen LogP contribution in [0.5, 0.6) is 5.75 Å². The summed E-state index contributed by atoms with van der Waals surface area (Å²) in [5.74, 6) is 0.665. The number of hydrogen-bond acceptors (Lipinski definition) is 7. The van der Waals surface area contributed by atoms with E-state index in [0.717, 1.165) is 24.4 Å². The van der Waals surface area contributed by atoms with Crippen molar-refractivity contribution in [2.75, 3.05) is 36.9 Å². The molecule has 2 fully saturated rings.